The van der Waals surface area contributed by atoms with E-state index in [-0.39, 0.29) is 11.9 Å². The maximum atomic E-state index is 13.6. The number of hydrogen-bond acceptors (Lipinski definition) is 5. The molecule has 1 aliphatic heterocycles. The van der Waals surface area contributed by atoms with Crippen LogP contribution in [0.3, 0.4) is 0 Å². The normalized spacial score (nSPS) is 14.2. The molecule has 3 aromatic rings. The van der Waals surface area contributed by atoms with Gasteiger partial charge in [0.2, 0.25) is 0 Å². The lowest BCUT2D eigenvalue weighted by Gasteiger charge is -2.33. The number of hydrogen-bond donors (Lipinski definition) is 1. The molecule has 1 heterocycles. The second kappa shape index (κ2) is 14.5. The molecule has 0 spiro atoms. The first kappa shape index (κ1) is 28.3. The lowest BCUT2D eigenvalue weighted by Crippen LogP contribution is -2.45. The Balaban J connectivity index is 1.47. The van der Waals surface area contributed by atoms with E-state index < -0.39 is 5.97 Å². The van der Waals surface area contributed by atoms with Gasteiger partial charge in [-0.15, -0.1) is 0 Å². The molecule has 0 atom stereocenters. The minimum Gasteiger partial charge on any atom is -0.465 e. The maximum absolute atomic E-state index is 13.6. The van der Waals surface area contributed by atoms with Crippen molar-refractivity contribution < 1.29 is 14.3 Å². The summed E-state index contributed by atoms with van der Waals surface area (Å²) in [6, 6.07) is 27.7. The first-order chi connectivity index (χ1) is 19.0. The number of nitrogens with zero attached hydrogens (tertiary/aromatic N) is 3. The lowest BCUT2D eigenvalue weighted by molar-refractivity contribution is 0.0600. The van der Waals surface area contributed by atoms with Crippen molar-refractivity contribution in [1.82, 2.24) is 14.7 Å². The largest absolute Gasteiger partial charge is 0.465 e. The fourth-order valence-corrected chi connectivity index (χ4v) is 5.10. The van der Waals surface area contributed by atoms with E-state index in [2.05, 4.69) is 70.7 Å². The van der Waals surface area contributed by atoms with Crippen molar-refractivity contribution in [2.75, 3.05) is 65.3 Å². The SMILES string of the molecule is COC(=O)c1cccc(NC(=O)N(CCCN2CCN(C)CC2)CCC(c2ccccc2)c2ccccc2)c1. The number of ether oxygens (including phenoxy) is 1. The Hall–Kier alpha value is -3.68. The number of anilines is 1. The van der Waals surface area contributed by atoms with Crippen LogP contribution in [0, 0.1) is 0 Å². The fourth-order valence-electron chi connectivity index (χ4n) is 5.10. The summed E-state index contributed by atoms with van der Waals surface area (Å²) in [7, 11) is 3.51. The van der Waals surface area contributed by atoms with Gasteiger partial charge in [-0.2, -0.15) is 0 Å². The third kappa shape index (κ3) is 8.40. The van der Waals surface area contributed by atoms with E-state index >= 15 is 0 Å². The molecule has 0 radical (unpaired) electrons. The average Bonchev–Trinajstić information content (AvgIpc) is 2.98. The number of methoxy groups -OCH3 is 1. The molecule has 1 aliphatic rings. The molecule has 7 heteroatoms. The van der Waals surface area contributed by atoms with Crippen LogP contribution >= 0.6 is 0 Å². The molecule has 39 heavy (non-hydrogen) atoms. The second-order valence-electron chi connectivity index (χ2n) is 10.2. The van der Waals surface area contributed by atoms with Crippen LogP contribution in [-0.2, 0) is 4.74 Å². The molecule has 3 aromatic carbocycles. The molecule has 7 nitrogen and oxygen atoms in total. The van der Waals surface area contributed by atoms with Gasteiger partial charge >= 0.3 is 12.0 Å². The number of urea groups is 1. The van der Waals surface area contributed by atoms with Crippen molar-refractivity contribution >= 4 is 17.7 Å². The summed E-state index contributed by atoms with van der Waals surface area (Å²) < 4.78 is 4.84. The van der Waals surface area contributed by atoms with Crippen molar-refractivity contribution in [3.05, 3.63) is 102 Å². The van der Waals surface area contributed by atoms with E-state index in [1.165, 1.54) is 18.2 Å². The summed E-state index contributed by atoms with van der Waals surface area (Å²) >= 11 is 0. The Bertz CT molecular complexity index is 1140. The van der Waals surface area contributed by atoms with Gasteiger partial charge in [0.05, 0.1) is 12.7 Å². The van der Waals surface area contributed by atoms with Gasteiger partial charge in [0, 0.05) is 50.9 Å². The number of benzene rings is 3. The summed E-state index contributed by atoms with van der Waals surface area (Å²) in [6.07, 6.45) is 1.71. The highest BCUT2D eigenvalue weighted by molar-refractivity contribution is 5.93. The van der Waals surface area contributed by atoms with E-state index in [1.54, 1.807) is 24.3 Å². The van der Waals surface area contributed by atoms with Gasteiger partial charge in [-0.05, 0) is 55.8 Å². The average molecular weight is 529 g/mol. The molecule has 2 amide bonds. The first-order valence-corrected chi connectivity index (χ1v) is 13.8. The quantitative estimate of drug-likeness (QED) is 0.348. The van der Waals surface area contributed by atoms with E-state index in [4.69, 9.17) is 4.74 Å². The van der Waals surface area contributed by atoms with Gasteiger partial charge in [-0.25, -0.2) is 9.59 Å². The Kier molecular flexibility index (Phi) is 10.5. The number of nitrogens with one attached hydrogen (secondary N) is 1. The molecule has 0 unspecified atom stereocenters. The van der Waals surface area contributed by atoms with Crippen molar-refractivity contribution in [2.45, 2.75) is 18.8 Å². The third-order valence-corrected chi connectivity index (χ3v) is 7.41. The number of carbonyl (C=O) groups excluding carboxylic acids is 2. The van der Waals surface area contributed by atoms with E-state index in [0.717, 1.165) is 45.6 Å². The van der Waals surface area contributed by atoms with Crippen molar-refractivity contribution in [3.8, 4) is 0 Å². The van der Waals surface area contributed by atoms with Gasteiger partial charge in [-0.3, -0.25) is 0 Å². The third-order valence-electron chi connectivity index (χ3n) is 7.41. The summed E-state index contributed by atoms with van der Waals surface area (Å²) in [6.45, 7) is 6.52. The summed E-state index contributed by atoms with van der Waals surface area (Å²) in [4.78, 5) is 32.3. The first-order valence-electron chi connectivity index (χ1n) is 13.8. The van der Waals surface area contributed by atoms with Gasteiger partial charge in [0.15, 0.2) is 0 Å². The number of rotatable bonds is 11. The lowest BCUT2D eigenvalue weighted by atomic mass is 9.88. The van der Waals surface area contributed by atoms with Crippen LogP contribution in [0.1, 0.15) is 40.2 Å². The summed E-state index contributed by atoms with van der Waals surface area (Å²) in [5, 5.41) is 3.02. The van der Waals surface area contributed by atoms with Crippen LogP contribution < -0.4 is 5.32 Å². The van der Waals surface area contributed by atoms with Gasteiger partial charge in [0.25, 0.3) is 0 Å². The number of amides is 2. The van der Waals surface area contributed by atoms with Gasteiger partial charge in [0.1, 0.15) is 0 Å². The van der Waals surface area contributed by atoms with E-state index in [0.29, 0.717) is 24.3 Å². The Labute approximate surface area is 232 Å². The smallest absolute Gasteiger partial charge is 0.337 e. The Morgan fingerprint density at radius 3 is 2.13 bits per heavy atom. The molecular weight excluding hydrogens is 488 g/mol. The van der Waals surface area contributed by atoms with Gasteiger partial charge < -0.3 is 24.8 Å². The molecule has 4 rings (SSSR count). The summed E-state index contributed by atoms with van der Waals surface area (Å²) in [5.41, 5.74) is 3.47. The number of esters is 1. The number of carbonyl (C=O) groups is 2. The molecule has 0 aliphatic carbocycles. The fraction of sp³-hybridized carbons (Fsp3) is 0.375. The molecule has 1 fully saturated rings. The highest BCUT2D eigenvalue weighted by atomic mass is 16.5. The van der Waals surface area contributed by atoms with Crippen LogP contribution in [0.2, 0.25) is 0 Å². The number of likely N-dealkylation sites (N-methyl/N-ethyl adjacent to an activating group) is 1. The number of piperazine rings is 1. The molecule has 0 aromatic heterocycles. The maximum Gasteiger partial charge on any atom is 0.337 e. The van der Waals surface area contributed by atoms with E-state index in [1.807, 2.05) is 17.0 Å². The topological polar surface area (TPSA) is 65.1 Å². The minimum atomic E-state index is -0.427. The van der Waals surface area contributed by atoms with Gasteiger partial charge in [-0.1, -0.05) is 66.7 Å². The predicted octanol–water partition coefficient (Wildman–Crippen LogP) is 5.17. The zero-order valence-electron chi connectivity index (χ0n) is 23.1. The highest BCUT2D eigenvalue weighted by Crippen LogP contribution is 2.28. The van der Waals surface area contributed by atoms with Crippen LogP contribution in [0.15, 0.2) is 84.9 Å². The molecule has 206 valence electrons. The van der Waals surface area contributed by atoms with Crippen molar-refractivity contribution in [1.29, 1.82) is 0 Å². The highest BCUT2D eigenvalue weighted by Gasteiger charge is 2.20. The second-order valence-corrected chi connectivity index (χ2v) is 10.2. The van der Waals surface area contributed by atoms with E-state index in [9.17, 15) is 9.59 Å². The molecule has 0 saturated carbocycles. The zero-order chi connectivity index (χ0) is 27.5. The standard InChI is InChI=1S/C32H40N4O3/c1-34-21-23-35(24-22-34)18-10-19-36(32(38)33-29-16-9-15-28(25-29)31(37)39-2)20-17-30(26-11-5-3-6-12-26)27-13-7-4-8-14-27/h3-9,11-16,25,30H,10,17-24H2,1-2H3,(H,33,38). The van der Waals surface area contributed by atoms with Crippen LogP contribution in [0.5, 0.6) is 0 Å². The predicted molar refractivity (Wildman–Crippen MR) is 156 cm³/mol. The summed E-state index contributed by atoms with van der Waals surface area (Å²) in [5.74, 6) is -0.244. The Morgan fingerprint density at radius 2 is 1.51 bits per heavy atom. The monoisotopic (exact) mass is 528 g/mol. The molecule has 1 saturated heterocycles. The molecule has 1 N–H and O–H groups in total. The molecular formula is C32H40N4O3. The molecule has 0 bridgehead atoms. The van der Waals surface area contributed by atoms with Crippen molar-refractivity contribution in [2.24, 2.45) is 0 Å². The van der Waals surface area contributed by atoms with Crippen LogP contribution in [-0.4, -0.2) is 86.7 Å². The van der Waals surface area contributed by atoms with Crippen LogP contribution in [0.4, 0.5) is 10.5 Å². The van der Waals surface area contributed by atoms with Crippen molar-refractivity contribution in [3.63, 3.8) is 0 Å². The minimum absolute atomic E-state index is 0.157. The van der Waals surface area contributed by atoms with Crippen LogP contribution in [0.25, 0.3) is 0 Å². The zero-order valence-corrected chi connectivity index (χ0v) is 23.1. The Morgan fingerprint density at radius 1 is 0.872 bits per heavy atom.